The van der Waals surface area contributed by atoms with E-state index in [4.69, 9.17) is 4.98 Å². The summed E-state index contributed by atoms with van der Waals surface area (Å²) >= 11 is 0. The molecule has 0 aliphatic carbocycles. The SMILES string of the molecule is Cc1cc2c(N3CCN(CCS(C)(=O)=O)CC3)nc(N(C)C)nc2[nH]1. The zero-order valence-electron chi connectivity index (χ0n) is 15.3. The number of piperazine rings is 1. The number of nitrogens with one attached hydrogen (secondary N) is 1. The van der Waals surface area contributed by atoms with Crippen LogP contribution in [0.4, 0.5) is 11.8 Å². The van der Waals surface area contributed by atoms with Gasteiger partial charge in [-0.2, -0.15) is 9.97 Å². The summed E-state index contributed by atoms with van der Waals surface area (Å²) in [4.78, 5) is 19.0. The average molecular weight is 366 g/mol. The largest absolute Gasteiger partial charge is 0.353 e. The Morgan fingerprint density at radius 1 is 1.20 bits per heavy atom. The van der Waals surface area contributed by atoms with Gasteiger partial charge in [-0.05, 0) is 13.0 Å². The summed E-state index contributed by atoms with van der Waals surface area (Å²) in [6.07, 6.45) is 1.29. The lowest BCUT2D eigenvalue weighted by atomic mass is 10.2. The van der Waals surface area contributed by atoms with E-state index in [1.54, 1.807) is 0 Å². The molecule has 0 aromatic carbocycles. The van der Waals surface area contributed by atoms with Gasteiger partial charge in [-0.25, -0.2) is 8.42 Å². The smallest absolute Gasteiger partial charge is 0.228 e. The fraction of sp³-hybridized carbons (Fsp3) is 0.625. The van der Waals surface area contributed by atoms with Gasteiger partial charge in [0.2, 0.25) is 5.95 Å². The van der Waals surface area contributed by atoms with Crippen LogP contribution in [-0.2, 0) is 9.84 Å². The van der Waals surface area contributed by atoms with Gasteiger partial charge in [-0.1, -0.05) is 0 Å². The van der Waals surface area contributed by atoms with E-state index in [0.29, 0.717) is 12.5 Å². The molecule has 8 nitrogen and oxygen atoms in total. The van der Waals surface area contributed by atoms with Crippen molar-refractivity contribution in [3.05, 3.63) is 11.8 Å². The number of aromatic nitrogens is 3. The summed E-state index contributed by atoms with van der Waals surface area (Å²) in [5.74, 6) is 1.84. The summed E-state index contributed by atoms with van der Waals surface area (Å²) in [6, 6.07) is 2.08. The van der Waals surface area contributed by atoms with Crippen molar-refractivity contribution in [1.82, 2.24) is 19.9 Å². The Morgan fingerprint density at radius 3 is 2.48 bits per heavy atom. The van der Waals surface area contributed by atoms with Gasteiger partial charge in [0, 0.05) is 58.8 Å². The van der Waals surface area contributed by atoms with Gasteiger partial charge in [-0.3, -0.25) is 4.90 Å². The molecule has 3 rings (SSSR count). The third-order valence-electron chi connectivity index (χ3n) is 4.44. The molecule has 0 bridgehead atoms. The Bertz CT molecular complexity index is 853. The lowest BCUT2D eigenvalue weighted by Crippen LogP contribution is -2.48. The second-order valence-electron chi connectivity index (χ2n) is 6.91. The van der Waals surface area contributed by atoms with E-state index in [1.807, 2.05) is 25.9 Å². The zero-order valence-corrected chi connectivity index (χ0v) is 16.1. The molecule has 1 N–H and O–H groups in total. The number of H-pyrrole nitrogens is 1. The molecule has 1 saturated heterocycles. The molecule has 0 saturated carbocycles. The van der Waals surface area contributed by atoms with Crippen molar-refractivity contribution >= 4 is 32.6 Å². The van der Waals surface area contributed by atoms with Crippen molar-refractivity contribution in [2.24, 2.45) is 0 Å². The third kappa shape index (κ3) is 4.21. The number of anilines is 2. The molecule has 0 amide bonds. The average Bonchev–Trinajstić information content (AvgIpc) is 2.92. The Balaban J connectivity index is 1.78. The maximum absolute atomic E-state index is 11.3. The van der Waals surface area contributed by atoms with Crippen molar-refractivity contribution in [2.75, 3.05) is 68.6 Å². The highest BCUT2D eigenvalue weighted by atomic mass is 32.2. The van der Waals surface area contributed by atoms with E-state index in [2.05, 4.69) is 25.8 Å². The number of aryl methyl sites for hydroxylation is 1. The van der Waals surface area contributed by atoms with Crippen LogP contribution in [-0.4, -0.2) is 87.1 Å². The third-order valence-corrected chi connectivity index (χ3v) is 5.36. The van der Waals surface area contributed by atoms with Gasteiger partial charge in [-0.15, -0.1) is 0 Å². The van der Waals surface area contributed by atoms with Crippen LogP contribution in [0.1, 0.15) is 5.69 Å². The fourth-order valence-corrected chi connectivity index (χ4v) is 3.62. The molecule has 9 heteroatoms. The minimum atomic E-state index is -2.92. The molecule has 2 aromatic rings. The molecule has 1 aliphatic rings. The van der Waals surface area contributed by atoms with Gasteiger partial charge in [0.05, 0.1) is 11.1 Å². The summed E-state index contributed by atoms with van der Waals surface area (Å²) in [5, 5.41) is 1.03. The standard InChI is InChI=1S/C16H26N6O2S/c1-12-11-13-14(17-12)18-16(20(2)3)19-15(13)22-7-5-21(6-8-22)9-10-25(4,23)24/h11H,5-10H2,1-4H3,(H,17,18,19). The quantitative estimate of drug-likeness (QED) is 0.825. The fourth-order valence-electron chi connectivity index (χ4n) is 3.03. The van der Waals surface area contributed by atoms with E-state index in [-0.39, 0.29) is 5.75 Å². The van der Waals surface area contributed by atoms with Crippen LogP contribution in [0, 0.1) is 6.92 Å². The van der Waals surface area contributed by atoms with Crippen LogP contribution in [0.25, 0.3) is 11.0 Å². The van der Waals surface area contributed by atoms with Crippen molar-refractivity contribution < 1.29 is 8.42 Å². The zero-order chi connectivity index (χ0) is 18.2. The van der Waals surface area contributed by atoms with Gasteiger partial charge in [0.15, 0.2) is 0 Å². The van der Waals surface area contributed by atoms with Crippen LogP contribution >= 0.6 is 0 Å². The number of sulfone groups is 1. The van der Waals surface area contributed by atoms with Crippen molar-refractivity contribution in [2.45, 2.75) is 6.92 Å². The summed E-state index contributed by atoms with van der Waals surface area (Å²) < 4.78 is 22.7. The summed E-state index contributed by atoms with van der Waals surface area (Å²) in [5.41, 5.74) is 1.92. The predicted molar refractivity (Wildman–Crippen MR) is 101 cm³/mol. The first kappa shape index (κ1) is 17.9. The van der Waals surface area contributed by atoms with E-state index < -0.39 is 9.84 Å². The van der Waals surface area contributed by atoms with E-state index >= 15 is 0 Å². The summed E-state index contributed by atoms with van der Waals surface area (Å²) in [6.45, 7) is 5.94. The first-order valence-electron chi connectivity index (χ1n) is 8.42. The van der Waals surface area contributed by atoms with Crippen LogP contribution in [0.3, 0.4) is 0 Å². The lowest BCUT2D eigenvalue weighted by molar-refractivity contribution is 0.271. The maximum Gasteiger partial charge on any atom is 0.228 e. The highest BCUT2D eigenvalue weighted by Gasteiger charge is 2.22. The van der Waals surface area contributed by atoms with Crippen LogP contribution in [0.15, 0.2) is 6.07 Å². The van der Waals surface area contributed by atoms with Gasteiger partial charge < -0.3 is 14.8 Å². The molecule has 138 valence electrons. The Morgan fingerprint density at radius 2 is 1.88 bits per heavy atom. The normalized spacial score (nSPS) is 16.6. The molecule has 0 unspecified atom stereocenters. The molecular weight excluding hydrogens is 340 g/mol. The van der Waals surface area contributed by atoms with Crippen molar-refractivity contribution in [1.29, 1.82) is 0 Å². The molecule has 0 spiro atoms. The topological polar surface area (TPSA) is 85.4 Å². The van der Waals surface area contributed by atoms with Gasteiger partial charge in [0.25, 0.3) is 0 Å². The molecule has 3 heterocycles. The highest BCUT2D eigenvalue weighted by molar-refractivity contribution is 7.90. The monoisotopic (exact) mass is 366 g/mol. The molecule has 2 aromatic heterocycles. The molecule has 0 atom stereocenters. The number of hydrogen-bond acceptors (Lipinski definition) is 7. The second kappa shape index (κ2) is 6.80. The number of aromatic amines is 1. The van der Waals surface area contributed by atoms with E-state index in [1.165, 1.54) is 6.26 Å². The van der Waals surface area contributed by atoms with Crippen molar-refractivity contribution in [3.63, 3.8) is 0 Å². The van der Waals surface area contributed by atoms with E-state index in [9.17, 15) is 8.42 Å². The van der Waals surface area contributed by atoms with Gasteiger partial charge >= 0.3 is 0 Å². The maximum atomic E-state index is 11.3. The predicted octanol–water partition coefficient (Wildman–Crippen LogP) is 0.499. The molecule has 1 fully saturated rings. The number of fused-ring (bicyclic) bond motifs is 1. The molecule has 1 aliphatic heterocycles. The minimum absolute atomic E-state index is 0.215. The van der Waals surface area contributed by atoms with Gasteiger partial charge in [0.1, 0.15) is 21.3 Å². The Labute approximate surface area is 148 Å². The molecule has 0 radical (unpaired) electrons. The molecular formula is C16H26N6O2S. The van der Waals surface area contributed by atoms with Crippen molar-refractivity contribution in [3.8, 4) is 0 Å². The first-order valence-corrected chi connectivity index (χ1v) is 10.5. The first-order chi connectivity index (χ1) is 11.7. The number of hydrogen-bond donors (Lipinski definition) is 1. The van der Waals surface area contributed by atoms with Crippen LogP contribution < -0.4 is 9.80 Å². The number of nitrogens with zero attached hydrogens (tertiary/aromatic N) is 5. The second-order valence-corrected chi connectivity index (χ2v) is 9.17. The Hall–Kier alpha value is -1.87. The highest BCUT2D eigenvalue weighted by Crippen LogP contribution is 2.27. The van der Waals surface area contributed by atoms with Crippen LogP contribution in [0.5, 0.6) is 0 Å². The Kier molecular flexibility index (Phi) is 4.88. The van der Waals surface area contributed by atoms with E-state index in [0.717, 1.165) is 48.7 Å². The molecule has 25 heavy (non-hydrogen) atoms. The summed E-state index contributed by atoms with van der Waals surface area (Å²) in [7, 11) is 0.953. The van der Waals surface area contributed by atoms with Crippen LogP contribution in [0.2, 0.25) is 0 Å². The number of rotatable bonds is 5. The minimum Gasteiger partial charge on any atom is -0.353 e. The lowest BCUT2D eigenvalue weighted by Gasteiger charge is -2.35.